The zero-order valence-electron chi connectivity index (χ0n) is 13.4. The van der Waals surface area contributed by atoms with E-state index in [1.54, 1.807) is 11.3 Å². The average molecular weight is 424 g/mol. The van der Waals surface area contributed by atoms with Crippen molar-refractivity contribution in [3.05, 3.63) is 16.1 Å². The molecule has 1 rings (SSSR count). The van der Waals surface area contributed by atoms with Crippen LogP contribution in [0.15, 0.2) is 10.4 Å². The van der Waals surface area contributed by atoms with Crippen LogP contribution >= 0.6 is 35.3 Å². The number of nitrogens with zero attached hydrogens (tertiary/aromatic N) is 2. The van der Waals surface area contributed by atoms with Crippen molar-refractivity contribution in [3.8, 4) is 0 Å². The maximum Gasteiger partial charge on any atom is 0.191 e. The molecule has 1 aromatic rings. The third-order valence-corrected chi connectivity index (χ3v) is 3.93. The summed E-state index contributed by atoms with van der Waals surface area (Å²) in [6, 6.07) is 0. The number of guanidine groups is 1. The minimum atomic E-state index is 0. The predicted molar refractivity (Wildman–Crippen MR) is 104 cm³/mol. The summed E-state index contributed by atoms with van der Waals surface area (Å²) >= 11 is 1.75. The third-order valence-electron chi connectivity index (χ3n) is 2.90. The highest BCUT2D eigenvalue weighted by atomic mass is 127. The monoisotopic (exact) mass is 424 g/mol. The number of aryl methyl sites for hydroxylation is 2. The van der Waals surface area contributed by atoms with Crippen LogP contribution in [0.1, 0.15) is 50.2 Å². The molecule has 0 saturated heterocycles. The Morgan fingerprint density at radius 2 is 2.05 bits per heavy atom. The minimum absolute atomic E-state index is 0. The van der Waals surface area contributed by atoms with E-state index in [1.165, 1.54) is 24.3 Å². The summed E-state index contributed by atoms with van der Waals surface area (Å²) in [6.07, 6.45) is 5.81. The van der Waals surface area contributed by atoms with Crippen molar-refractivity contribution in [2.24, 2.45) is 4.99 Å². The van der Waals surface area contributed by atoms with E-state index in [9.17, 15) is 0 Å². The predicted octanol–water partition coefficient (Wildman–Crippen LogP) is 3.75. The van der Waals surface area contributed by atoms with Gasteiger partial charge in [-0.2, -0.15) is 0 Å². The molecule has 1 aromatic heterocycles. The van der Waals surface area contributed by atoms with Gasteiger partial charge >= 0.3 is 0 Å². The smallest absolute Gasteiger partial charge is 0.191 e. The fraction of sp³-hybridized carbons (Fsp3) is 0.733. The van der Waals surface area contributed by atoms with Crippen LogP contribution in [0.3, 0.4) is 0 Å². The number of unbranched alkanes of at least 4 members (excludes halogenated alkanes) is 2. The molecular weight excluding hydrogens is 395 g/mol. The van der Waals surface area contributed by atoms with Gasteiger partial charge in [0.25, 0.3) is 0 Å². The lowest BCUT2D eigenvalue weighted by Gasteiger charge is -2.10. The Bertz CT molecular complexity index is 393. The first kappa shape index (κ1) is 20.6. The SMILES string of the molecule is CCCCCNC(=NCCCc1nc(C)cs1)NCC.I. The van der Waals surface area contributed by atoms with Gasteiger partial charge in [0.2, 0.25) is 0 Å². The van der Waals surface area contributed by atoms with Crippen molar-refractivity contribution in [2.75, 3.05) is 19.6 Å². The Kier molecular flexibility index (Phi) is 13.1. The Balaban J connectivity index is 0.00000400. The highest BCUT2D eigenvalue weighted by molar-refractivity contribution is 14.0. The lowest BCUT2D eigenvalue weighted by molar-refractivity contribution is 0.681. The van der Waals surface area contributed by atoms with E-state index in [0.717, 1.165) is 44.1 Å². The maximum absolute atomic E-state index is 4.60. The van der Waals surface area contributed by atoms with Crippen molar-refractivity contribution < 1.29 is 0 Å². The summed E-state index contributed by atoms with van der Waals surface area (Å²) in [7, 11) is 0. The number of nitrogens with one attached hydrogen (secondary N) is 2. The molecule has 0 atom stereocenters. The van der Waals surface area contributed by atoms with Crippen molar-refractivity contribution >= 4 is 41.3 Å². The normalized spacial score (nSPS) is 11.1. The van der Waals surface area contributed by atoms with E-state index in [0.29, 0.717) is 0 Å². The van der Waals surface area contributed by atoms with Crippen LogP contribution in [0.5, 0.6) is 0 Å². The average Bonchev–Trinajstić information content (AvgIpc) is 2.85. The fourth-order valence-corrected chi connectivity index (χ4v) is 2.68. The lowest BCUT2D eigenvalue weighted by atomic mass is 10.2. The molecule has 0 saturated carbocycles. The molecule has 6 heteroatoms. The van der Waals surface area contributed by atoms with Crippen LogP contribution in [0, 0.1) is 6.92 Å². The Morgan fingerprint density at radius 3 is 2.67 bits per heavy atom. The maximum atomic E-state index is 4.60. The summed E-state index contributed by atoms with van der Waals surface area (Å²) in [5.74, 6) is 0.943. The minimum Gasteiger partial charge on any atom is -0.357 e. The largest absolute Gasteiger partial charge is 0.357 e. The number of thiazole rings is 1. The molecule has 0 unspecified atom stereocenters. The summed E-state index contributed by atoms with van der Waals surface area (Å²) in [4.78, 5) is 9.08. The van der Waals surface area contributed by atoms with E-state index in [2.05, 4.69) is 39.8 Å². The van der Waals surface area contributed by atoms with Gasteiger partial charge in [-0.25, -0.2) is 4.98 Å². The molecule has 0 aliphatic carbocycles. The molecule has 4 nitrogen and oxygen atoms in total. The van der Waals surface area contributed by atoms with Gasteiger partial charge in [-0.1, -0.05) is 19.8 Å². The molecule has 0 spiro atoms. The van der Waals surface area contributed by atoms with Gasteiger partial charge in [0.15, 0.2) is 5.96 Å². The van der Waals surface area contributed by atoms with E-state index in [-0.39, 0.29) is 24.0 Å². The number of halogens is 1. The summed E-state index contributed by atoms with van der Waals surface area (Å²) in [5, 5.41) is 10.0. The van der Waals surface area contributed by atoms with E-state index in [1.807, 2.05) is 6.92 Å². The molecule has 0 aromatic carbocycles. The molecule has 0 radical (unpaired) electrons. The zero-order chi connectivity index (χ0) is 14.6. The molecule has 21 heavy (non-hydrogen) atoms. The van der Waals surface area contributed by atoms with Gasteiger partial charge < -0.3 is 10.6 Å². The molecule has 0 fully saturated rings. The van der Waals surface area contributed by atoms with Crippen LogP contribution in [0.25, 0.3) is 0 Å². The van der Waals surface area contributed by atoms with Crippen molar-refractivity contribution in [1.82, 2.24) is 15.6 Å². The van der Waals surface area contributed by atoms with Gasteiger partial charge in [0, 0.05) is 37.1 Å². The second-order valence-electron chi connectivity index (χ2n) is 4.88. The molecule has 0 bridgehead atoms. The highest BCUT2D eigenvalue weighted by Gasteiger charge is 1.99. The highest BCUT2D eigenvalue weighted by Crippen LogP contribution is 2.10. The van der Waals surface area contributed by atoms with Crippen molar-refractivity contribution in [2.45, 2.75) is 52.9 Å². The zero-order valence-corrected chi connectivity index (χ0v) is 16.6. The summed E-state index contributed by atoms with van der Waals surface area (Å²) < 4.78 is 0. The molecule has 1 heterocycles. The van der Waals surface area contributed by atoms with Crippen LogP contribution in [0.4, 0.5) is 0 Å². The summed E-state index contributed by atoms with van der Waals surface area (Å²) in [6.45, 7) is 9.13. The quantitative estimate of drug-likeness (QED) is 0.275. The Labute approximate surface area is 150 Å². The molecular formula is C15H29IN4S. The Hall–Kier alpha value is -0.370. The van der Waals surface area contributed by atoms with Gasteiger partial charge in [-0.05, 0) is 26.7 Å². The molecule has 2 N–H and O–H groups in total. The first-order valence-electron chi connectivity index (χ1n) is 7.69. The van der Waals surface area contributed by atoms with Crippen LogP contribution in [-0.4, -0.2) is 30.6 Å². The lowest BCUT2D eigenvalue weighted by Crippen LogP contribution is -2.37. The van der Waals surface area contributed by atoms with Gasteiger partial charge in [-0.15, -0.1) is 35.3 Å². The second-order valence-corrected chi connectivity index (χ2v) is 5.82. The van der Waals surface area contributed by atoms with Gasteiger partial charge in [-0.3, -0.25) is 4.99 Å². The van der Waals surface area contributed by atoms with Gasteiger partial charge in [0.1, 0.15) is 0 Å². The Morgan fingerprint density at radius 1 is 1.24 bits per heavy atom. The first-order valence-corrected chi connectivity index (χ1v) is 8.57. The third kappa shape index (κ3) is 10.1. The number of rotatable bonds is 9. The number of aliphatic imine (C=N–C) groups is 1. The van der Waals surface area contributed by atoms with E-state index in [4.69, 9.17) is 0 Å². The number of hydrogen-bond donors (Lipinski definition) is 2. The van der Waals surface area contributed by atoms with E-state index >= 15 is 0 Å². The molecule has 0 aliphatic heterocycles. The van der Waals surface area contributed by atoms with Crippen LogP contribution < -0.4 is 10.6 Å². The first-order chi connectivity index (χ1) is 9.76. The molecule has 122 valence electrons. The number of hydrogen-bond acceptors (Lipinski definition) is 3. The van der Waals surface area contributed by atoms with Crippen LogP contribution in [0.2, 0.25) is 0 Å². The van der Waals surface area contributed by atoms with Crippen LogP contribution in [-0.2, 0) is 6.42 Å². The summed E-state index contributed by atoms with van der Waals surface area (Å²) in [5.41, 5.74) is 1.12. The second kappa shape index (κ2) is 13.3. The number of aromatic nitrogens is 1. The molecule has 0 amide bonds. The van der Waals surface area contributed by atoms with Crippen molar-refractivity contribution in [1.29, 1.82) is 0 Å². The fourth-order valence-electron chi connectivity index (χ4n) is 1.86. The molecule has 0 aliphatic rings. The van der Waals surface area contributed by atoms with Gasteiger partial charge in [0.05, 0.1) is 5.01 Å². The van der Waals surface area contributed by atoms with E-state index < -0.39 is 0 Å². The van der Waals surface area contributed by atoms with Crippen molar-refractivity contribution in [3.63, 3.8) is 0 Å². The standard InChI is InChI=1S/C15H28N4S.HI/c1-4-6-7-10-17-15(16-5-2)18-11-8-9-14-19-13(3)12-20-14;/h12H,4-11H2,1-3H3,(H2,16,17,18);1H. The topological polar surface area (TPSA) is 49.3 Å².